The molecule has 0 atom stereocenters. The molecule has 1 aromatic rings. The summed E-state index contributed by atoms with van der Waals surface area (Å²) in [6.07, 6.45) is -1.50. The highest BCUT2D eigenvalue weighted by Crippen LogP contribution is 2.39. The molecule has 0 amide bonds. The van der Waals surface area contributed by atoms with Crippen LogP contribution in [0.25, 0.3) is 0 Å². The van der Waals surface area contributed by atoms with Gasteiger partial charge in [-0.15, -0.1) is 0 Å². The first kappa shape index (κ1) is 12.4. The van der Waals surface area contributed by atoms with Crippen molar-refractivity contribution >= 4 is 0 Å². The molecule has 1 fully saturated rings. The van der Waals surface area contributed by atoms with Crippen LogP contribution < -0.4 is 5.73 Å². The molecule has 17 heavy (non-hydrogen) atoms. The first-order valence-electron chi connectivity index (χ1n) is 5.49. The van der Waals surface area contributed by atoms with Crippen LogP contribution in [-0.4, -0.2) is 0 Å². The SMILES string of the molecule is NC1(c2ccc(C(F)(F)F)cc2F)CCCC1. The van der Waals surface area contributed by atoms with Gasteiger partial charge >= 0.3 is 6.18 Å². The minimum absolute atomic E-state index is 0.197. The molecule has 0 spiro atoms. The summed E-state index contributed by atoms with van der Waals surface area (Å²) in [5.41, 5.74) is 4.45. The van der Waals surface area contributed by atoms with Gasteiger partial charge in [0.15, 0.2) is 0 Å². The molecule has 94 valence electrons. The molecule has 0 unspecified atom stereocenters. The maximum atomic E-state index is 13.7. The standard InChI is InChI=1S/C12H13F4N/c13-10-7-8(12(14,15)16)3-4-9(10)11(17)5-1-2-6-11/h3-4,7H,1-2,5-6,17H2. The van der Waals surface area contributed by atoms with Crippen LogP contribution in [0.1, 0.15) is 36.8 Å². The Morgan fingerprint density at radius 1 is 1.12 bits per heavy atom. The summed E-state index contributed by atoms with van der Waals surface area (Å²) in [6.45, 7) is 0. The molecule has 1 aromatic carbocycles. The second kappa shape index (κ2) is 3.98. The van der Waals surface area contributed by atoms with Crippen LogP contribution in [-0.2, 0) is 11.7 Å². The number of hydrogen-bond acceptors (Lipinski definition) is 1. The minimum atomic E-state index is -4.52. The Labute approximate surface area is 96.6 Å². The van der Waals surface area contributed by atoms with E-state index in [1.807, 2.05) is 0 Å². The topological polar surface area (TPSA) is 26.0 Å². The number of alkyl halides is 3. The lowest BCUT2D eigenvalue weighted by Crippen LogP contribution is -2.34. The van der Waals surface area contributed by atoms with E-state index in [-0.39, 0.29) is 5.56 Å². The molecule has 0 aliphatic heterocycles. The Kier molecular flexibility index (Phi) is 2.89. The van der Waals surface area contributed by atoms with Crippen LogP contribution in [0.3, 0.4) is 0 Å². The second-order valence-corrected chi connectivity index (χ2v) is 4.56. The molecule has 0 saturated heterocycles. The number of nitrogens with two attached hydrogens (primary N) is 1. The van der Waals surface area contributed by atoms with Gasteiger partial charge in [-0.3, -0.25) is 0 Å². The molecule has 1 nitrogen and oxygen atoms in total. The highest BCUT2D eigenvalue weighted by atomic mass is 19.4. The third-order valence-electron chi connectivity index (χ3n) is 3.33. The van der Waals surface area contributed by atoms with Crippen LogP contribution in [0, 0.1) is 5.82 Å². The van der Waals surface area contributed by atoms with Crippen LogP contribution >= 0.6 is 0 Å². The molecule has 0 radical (unpaired) electrons. The molecule has 0 heterocycles. The van der Waals surface area contributed by atoms with Gasteiger partial charge in [-0.25, -0.2) is 4.39 Å². The van der Waals surface area contributed by atoms with Gasteiger partial charge in [-0.2, -0.15) is 13.2 Å². The smallest absolute Gasteiger partial charge is 0.321 e. The number of hydrogen-bond donors (Lipinski definition) is 1. The Morgan fingerprint density at radius 3 is 2.18 bits per heavy atom. The summed E-state index contributed by atoms with van der Waals surface area (Å²) in [6, 6.07) is 2.59. The number of halogens is 4. The van der Waals surface area contributed by atoms with Gasteiger partial charge in [-0.05, 0) is 25.0 Å². The van der Waals surface area contributed by atoms with Gasteiger partial charge in [-0.1, -0.05) is 18.9 Å². The van der Waals surface area contributed by atoms with Crippen LogP contribution in [0.2, 0.25) is 0 Å². The second-order valence-electron chi connectivity index (χ2n) is 4.56. The fraction of sp³-hybridized carbons (Fsp3) is 0.500. The van der Waals surface area contributed by atoms with E-state index in [4.69, 9.17) is 5.73 Å². The zero-order valence-electron chi connectivity index (χ0n) is 9.15. The van der Waals surface area contributed by atoms with Gasteiger partial charge in [0, 0.05) is 11.1 Å². The highest BCUT2D eigenvalue weighted by Gasteiger charge is 2.36. The van der Waals surface area contributed by atoms with Gasteiger partial charge in [0.1, 0.15) is 5.82 Å². The molecule has 2 rings (SSSR count). The third-order valence-corrected chi connectivity index (χ3v) is 3.33. The van der Waals surface area contributed by atoms with E-state index in [9.17, 15) is 17.6 Å². The lowest BCUT2D eigenvalue weighted by atomic mass is 9.88. The molecule has 1 aliphatic rings. The molecular formula is C12H13F4N. The Hall–Kier alpha value is -1.10. The lowest BCUT2D eigenvalue weighted by Gasteiger charge is -2.25. The van der Waals surface area contributed by atoms with Gasteiger partial charge in [0.2, 0.25) is 0 Å². The molecule has 2 N–H and O–H groups in total. The van der Waals surface area contributed by atoms with Crippen molar-refractivity contribution in [3.8, 4) is 0 Å². The van der Waals surface area contributed by atoms with Crippen molar-refractivity contribution in [2.75, 3.05) is 0 Å². The van der Waals surface area contributed by atoms with Gasteiger partial charge < -0.3 is 5.73 Å². The predicted molar refractivity (Wildman–Crippen MR) is 55.7 cm³/mol. The summed E-state index contributed by atoms with van der Waals surface area (Å²) in [4.78, 5) is 0. The third kappa shape index (κ3) is 2.29. The average molecular weight is 247 g/mol. The highest BCUT2D eigenvalue weighted by molar-refractivity contribution is 5.32. The first-order valence-corrected chi connectivity index (χ1v) is 5.49. The minimum Gasteiger partial charge on any atom is -0.321 e. The van der Waals surface area contributed by atoms with Gasteiger partial charge in [0.25, 0.3) is 0 Å². The van der Waals surface area contributed by atoms with Crippen LogP contribution in [0.4, 0.5) is 17.6 Å². The largest absolute Gasteiger partial charge is 0.416 e. The zero-order chi connectivity index (χ0) is 12.7. The maximum absolute atomic E-state index is 13.7. The quantitative estimate of drug-likeness (QED) is 0.754. The predicted octanol–water partition coefficient (Wildman–Crippen LogP) is 3.57. The van der Waals surface area contributed by atoms with Crippen molar-refractivity contribution in [1.29, 1.82) is 0 Å². The van der Waals surface area contributed by atoms with E-state index >= 15 is 0 Å². The van der Waals surface area contributed by atoms with E-state index in [0.29, 0.717) is 18.9 Å². The average Bonchev–Trinajstić information content (AvgIpc) is 2.64. The summed E-state index contributed by atoms with van der Waals surface area (Å²) in [7, 11) is 0. The summed E-state index contributed by atoms with van der Waals surface area (Å²) < 4.78 is 50.8. The Bertz CT molecular complexity index is 419. The van der Waals surface area contributed by atoms with E-state index in [1.54, 1.807) is 0 Å². The molecule has 0 aromatic heterocycles. The van der Waals surface area contributed by atoms with Crippen molar-refractivity contribution < 1.29 is 17.6 Å². The van der Waals surface area contributed by atoms with Crippen LogP contribution in [0.15, 0.2) is 18.2 Å². The number of benzene rings is 1. The van der Waals surface area contributed by atoms with E-state index in [1.165, 1.54) is 6.07 Å². The summed E-state index contributed by atoms with van der Waals surface area (Å²) in [5.74, 6) is -0.857. The lowest BCUT2D eigenvalue weighted by molar-refractivity contribution is -0.137. The van der Waals surface area contributed by atoms with Crippen molar-refractivity contribution in [1.82, 2.24) is 0 Å². The number of rotatable bonds is 1. The van der Waals surface area contributed by atoms with Gasteiger partial charge in [0.05, 0.1) is 5.56 Å². The molecule has 0 bridgehead atoms. The van der Waals surface area contributed by atoms with Crippen molar-refractivity contribution in [2.45, 2.75) is 37.4 Å². The summed E-state index contributed by atoms with van der Waals surface area (Å²) >= 11 is 0. The molecule has 5 heteroatoms. The van der Waals surface area contributed by atoms with Crippen molar-refractivity contribution in [2.24, 2.45) is 5.73 Å². The van der Waals surface area contributed by atoms with Crippen molar-refractivity contribution in [3.63, 3.8) is 0 Å². The molecule has 1 aliphatic carbocycles. The zero-order valence-corrected chi connectivity index (χ0v) is 9.15. The van der Waals surface area contributed by atoms with E-state index in [2.05, 4.69) is 0 Å². The first-order chi connectivity index (χ1) is 7.83. The fourth-order valence-corrected chi connectivity index (χ4v) is 2.37. The maximum Gasteiger partial charge on any atom is 0.416 e. The monoisotopic (exact) mass is 247 g/mol. The van der Waals surface area contributed by atoms with Crippen molar-refractivity contribution in [3.05, 3.63) is 35.1 Å². The fourth-order valence-electron chi connectivity index (χ4n) is 2.37. The van der Waals surface area contributed by atoms with E-state index < -0.39 is 23.1 Å². The van der Waals surface area contributed by atoms with E-state index in [0.717, 1.165) is 18.9 Å². The summed E-state index contributed by atoms with van der Waals surface area (Å²) in [5, 5.41) is 0. The molecular weight excluding hydrogens is 234 g/mol. The van der Waals surface area contributed by atoms with Crippen LogP contribution in [0.5, 0.6) is 0 Å². The Morgan fingerprint density at radius 2 is 1.71 bits per heavy atom. The Balaban J connectivity index is 2.38. The molecule has 1 saturated carbocycles. The normalized spacial score (nSPS) is 19.6.